The normalized spacial score (nSPS) is 16.9. The first-order chi connectivity index (χ1) is 16.7. The first-order valence-corrected chi connectivity index (χ1v) is 11.5. The van der Waals surface area contributed by atoms with E-state index in [1.165, 1.54) is 12.1 Å². The number of carboxylic acid groups (broad SMARTS) is 1. The number of aromatic nitrogens is 1. The van der Waals surface area contributed by atoms with Crippen LogP contribution in [0.5, 0.6) is 5.75 Å². The molecule has 0 saturated carbocycles. The molecule has 186 valence electrons. The van der Waals surface area contributed by atoms with Gasteiger partial charge in [-0.1, -0.05) is 18.6 Å². The van der Waals surface area contributed by atoms with Crippen LogP contribution in [-0.4, -0.2) is 40.2 Å². The SMILES string of the molecule is Cc1oc(-c2ccc(C(F)(F)F)cc2)nc1CCOc1ccc(CN2CCCC[C@@H]2C(=O)O)cc1. The second kappa shape index (κ2) is 10.5. The molecule has 1 fully saturated rings. The number of carbonyl (C=O) groups is 1. The number of aryl methyl sites for hydroxylation is 1. The van der Waals surface area contributed by atoms with Crippen LogP contribution in [0.1, 0.15) is 41.8 Å². The van der Waals surface area contributed by atoms with Crippen molar-refractivity contribution in [3.8, 4) is 17.2 Å². The monoisotopic (exact) mass is 488 g/mol. The number of likely N-dealkylation sites (tertiary alicyclic amines) is 1. The number of oxazole rings is 1. The Morgan fingerprint density at radius 2 is 1.86 bits per heavy atom. The fourth-order valence-corrected chi connectivity index (χ4v) is 4.24. The second-order valence-electron chi connectivity index (χ2n) is 8.66. The van der Waals surface area contributed by atoms with Gasteiger partial charge in [0.15, 0.2) is 0 Å². The van der Waals surface area contributed by atoms with Crippen molar-refractivity contribution >= 4 is 5.97 Å². The third-order valence-corrected chi connectivity index (χ3v) is 6.17. The minimum Gasteiger partial charge on any atom is -0.493 e. The summed E-state index contributed by atoms with van der Waals surface area (Å²) in [7, 11) is 0. The van der Waals surface area contributed by atoms with E-state index in [-0.39, 0.29) is 5.89 Å². The van der Waals surface area contributed by atoms with Crippen molar-refractivity contribution in [2.24, 2.45) is 0 Å². The summed E-state index contributed by atoms with van der Waals surface area (Å²) in [5, 5.41) is 9.43. The average molecular weight is 489 g/mol. The van der Waals surface area contributed by atoms with Crippen LogP contribution < -0.4 is 4.74 Å². The molecule has 0 bridgehead atoms. The first-order valence-electron chi connectivity index (χ1n) is 11.5. The molecule has 35 heavy (non-hydrogen) atoms. The Bertz CT molecular complexity index is 1140. The summed E-state index contributed by atoms with van der Waals surface area (Å²) in [4.78, 5) is 17.9. The van der Waals surface area contributed by atoms with Crippen LogP contribution >= 0.6 is 0 Å². The van der Waals surface area contributed by atoms with Gasteiger partial charge in [-0.25, -0.2) is 4.98 Å². The fraction of sp³-hybridized carbons (Fsp3) is 0.385. The van der Waals surface area contributed by atoms with Crippen molar-refractivity contribution in [3.05, 3.63) is 71.1 Å². The number of hydrogen-bond donors (Lipinski definition) is 1. The largest absolute Gasteiger partial charge is 0.493 e. The molecule has 1 aliphatic heterocycles. The zero-order valence-corrected chi connectivity index (χ0v) is 19.3. The average Bonchev–Trinajstić information content (AvgIpc) is 3.20. The highest BCUT2D eigenvalue weighted by Gasteiger charge is 2.30. The van der Waals surface area contributed by atoms with Crippen molar-refractivity contribution in [2.45, 2.75) is 51.4 Å². The van der Waals surface area contributed by atoms with Crippen LogP contribution in [0.25, 0.3) is 11.5 Å². The highest BCUT2D eigenvalue weighted by Crippen LogP contribution is 2.31. The van der Waals surface area contributed by atoms with Crippen LogP contribution in [0.3, 0.4) is 0 Å². The van der Waals surface area contributed by atoms with E-state index in [9.17, 15) is 23.1 Å². The van der Waals surface area contributed by atoms with Gasteiger partial charge < -0.3 is 14.3 Å². The van der Waals surface area contributed by atoms with Crippen molar-refractivity contribution in [3.63, 3.8) is 0 Å². The molecule has 0 spiro atoms. The van der Waals surface area contributed by atoms with Crippen molar-refractivity contribution in [1.29, 1.82) is 0 Å². The molecule has 1 aliphatic rings. The Balaban J connectivity index is 1.31. The van der Waals surface area contributed by atoms with Gasteiger partial charge in [-0.2, -0.15) is 13.2 Å². The standard InChI is InChI=1S/C26H27F3N2O4/c1-17-22(30-24(35-17)19-7-9-20(10-8-19)26(27,28)29)13-15-34-21-11-5-18(6-12-21)16-31-14-3-2-4-23(31)25(32)33/h5-12,23H,2-4,13-16H2,1H3,(H,32,33)/t23-/m1/s1. The van der Waals surface area contributed by atoms with E-state index in [1.807, 2.05) is 29.2 Å². The van der Waals surface area contributed by atoms with Gasteiger partial charge in [-0.15, -0.1) is 0 Å². The van der Waals surface area contributed by atoms with Gasteiger partial charge in [0.1, 0.15) is 17.6 Å². The van der Waals surface area contributed by atoms with E-state index in [0.29, 0.717) is 48.8 Å². The molecule has 1 saturated heterocycles. The summed E-state index contributed by atoms with van der Waals surface area (Å²) < 4.78 is 49.8. The molecule has 1 aromatic heterocycles. The number of hydrogen-bond acceptors (Lipinski definition) is 5. The van der Waals surface area contributed by atoms with E-state index < -0.39 is 23.8 Å². The van der Waals surface area contributed by atoms with E-state index in [2.05, 4.69) is 4.98 Å². The minimum atomic E-state index is -4.39. The smallest absolute Gasteiger partial charge is 0.416 e. The Labute approximate surface area is 201 Å². The molecule has 4 rings (SSSR count). The molecule has 0 radical (unpaired) electrons. The molecule has 0 aliphatic carbocycles. The molecule has 6 nitrogen and oxygen atoms in total. The predicted molar refractivity (Wildman–Crippen MR) is 123 cm³/mol. The highest BCUT2D eigenvalue weighted by atomic mass is 19.4. The maximum Gasteiger partial charge on any atom is 0.416 e. The van der Waals surface area contributed by atoms with Gasteiger partial charge in [0, 0.05) is 18.5 Å². The Morgan fingerprint density at radius 1 is 1.14 bits per heavy atom. The molecule has 0 unspecified atom stereocenters. The molecule has 2 heterocycles. The quantitative estimate of drug-likeness (QED) is 0.437. The first kappa shape index (κ1) is 24.8. The van der Waals surface area contributed by atoms with Gasteiger partial charge in [0.05, 0.1) is 17.9 Å². The lowest BCUT2D eigenvalue weighted by Crippen LogP contribution is -2.43. The molecule has 0 amide bonds. The van der Waals surface area contributed by atoms with Gasteiger partial charge >= 0.3 is 12.1 Å². The summed E-state index contributed by atoms with van der Waals surface area (Å²) >= 11 is 0. The second-order valence-corrected chi connectivity index (χ2v) is 8.66. The zero-order valence-electron chi connectivity index (χ0n) is 19.3. The van der Waals surface area contributed by atoms with Crippen molar-refractivity contribution in [1.82, 2.24) is 9.88 Å². The summed E-state index contributed by atoms with van der Waals surface area (Å²) in [6.07, 6.45) is -1.28. The number of carboxylic acids is 1. The number of rotatable bonds is 8. The van der Waals surface area contributed by atoms with Crippen LogP contribution in [0, 0.1) is 6.92 Å². The number of piperidine rings is 1. The highest BCUT2D eigenvalue weighted by molar-refractivity contribution is 5.73. The number of nitrogens with zero attached hydrogens (tertiary/aromatic N) is 2. The lowest BCUT2D eigenvalue weighted by molar-refractivity contribution is -0.145. The topological polar surface area (TPSA) is 75.8 Å². The zero-order chi connectivity index (χ0) is 25.0. The molecule has 1 atom stereocenters. The third kappa shape index (κ3) is 6.22. The third-order valence-electron chi connectivity index (χ3n) is 6.17. The Kier molecular flexibility index (Phi) is 7.45. The lowest BCUT2D eigenvalue weighted by atomic mass is 10.0. The summed E-state index contributed by atoms with van der Waals surface area (Å²) in [6.45, 7) is 3.48. The molecular formula is C26H27F3N2O4. The van der Waals surface area contributed by atoms with Gasteiger partial charge in [-0.3, -0.25) is 9.69 Å². The number of benzene rings is 2. The number of halogens is 3. The molecular weight excluding hydrogens is 461 g/mol. The van der Waals surface area contributed by atoms with E-state index in [1.54, 1.807) is 6.92 Å². The van der Waals surface area contributed by atoms with Crippen LogP contribution in [0.4, 0.5) is 13.2 Å². The van der Waals surface area contributed by atoms with Gasteiger partial charge in [0.2, 0.25) is 5.89 Å². The van der Waals surface area contributed by atoms with E-state index >= 15 is 0 Å². The molecule has 2 aromatic carbocycles. The van der Waals surface area contributed by atoms with Crippen LogP contribution in [-0.2, 0) is 23.9 Å². The number of ether oxygens (including phenoxy) is 1. The molecule has 1 N–H and O–H groups in total. The Hall–Kier alpha value is -3.33. The summed E-state index contributed by atoms with van der Waals surface area (Å²) in [6, 6.07) is 11.9. The maximum atomic E-state index is 12.8. The lowest BCUT2D eigenvalue weighted by Gasteiger charge is -2.32. The van der Waals surface area contributed by atoms with Gasteiger partial charge in [0.25, 0.3) is 0 Å². The van der Waals surface area contributed by atoms with E-state index in [4.69, 9.17) is 9.15 Å². The molecule has 3 aromatic rings. The Morgan fingerprint density at radius 3 is 2.51 bits per heavy atom. The number of alkyl halides is 3. The van der Waals surface area contributed by atoms with Crippen LogP contribution in [0.15, 0.2) is 52.9 Å². The fourth-order valence-electron chi connectivity index (χ4n) is 4.24. The number of aliphatic carboxylic acids is 1. The van der Waals surface area contributed by atoms with Gasteiger partial charge in [-0.05, 0) is 68.3 Å². The van der Waals surface area contributed by atoms with E-state index in [0.717, 1.165) is 37.1 Å². The molecule has 9 heteroatoms. The van der Waals surface area contributed by atoms with Crippen LogP contribution in [0.2, 0.25) is 0 Å². The maximum absolute atomic E-state index is 12.8. The summed E-state index contributed by atoms with van der Waals surface area (Å²) in [5.41, 5.74) is 1.46. The predicted octanol–water partition coefficient (Wildman–Crippen LogP) is 5.73. The van der Waals surface area contributed by atoms with Crippen molar-refractivity contribution in [2.75, 3.05) is 13.2 Å². The van der Waals surface area contributed by atoms with Crippen molar-refractivity contribution < 1.29 is 32.2 Å². The summed E-state index contributed by atoms with van der Waals surface area (Å²) in [5.74, 6) is 0.780. The minimum absolute atomic E-state index is 0.271.